The first kappa shape index (κ1) is 31.8. The molecule has 0 spiro atoms. The van der Waals surface area contributed by atoms with Gasteiger partial charge in [0.2, 0.25) is 0 Å². The average molecular weight is 761 g/mol. The minimum absolute atomic E-state index is 0.121. The van der Waals surface area contributed by atoms with E-state index in [1.807, 2.05) is 0 Å². The third-order valence-electron chi connectivity index (χ3n) is 13.9. The summed E-state index contributed by atoms with van der Waals surface area (Å²) in [5.74, 6) is 4.48. The van der Waals surface area contributed by atoms with Crippen molar-refractivity contribution in [1.82, 2.24) is 4.98 Å². The van der Waals surface area contributed by atoms with Crippen LogP contribution in [0, 0.1) is 0 Å². The van der Waals surface area contributed by atoms with Crippen LogP contribution in [0.3, 0.4) is 0 Å². The van der Waals surface area contributed by atoms with Gasteiger partial charge in [-0.3, -0.25) is 4.90 Å². The molecule has 4 heterocycles. The molecule has 14 rings (SSSR count). The molecule has 3 aliphatic heterocycles. The Morgan fingerprint density at radius 3 is 1.46 bits per heavy atom. The van der Waals surface area contributed by atoms with Crippen LogP contribution in [0.4, 0.5) is 17.1 Å². The highest BCUT2D eigenvalue weighted by Crippen LogP contribution is 2.69. The first-order chi connectivity index (χ1) is 28.8. The van der Waals surface area contributed by atoms with Crippen LogP contribution in [0.15, 0.2) is 140 Å². The molecule has 1 N–H and O–H groups in total. The lowest BCUT2D eigenvalue weighted by atomic mass is 9.82. The van der Waals surface area contributed by atoms with Crippen molar-refractivity contribution in [2.75, 3.05) is 4.90 Å². The summed E-state index contributed by atoms with van der Waals surface area (Å²) in [6, 6.07) is 50.5. The molecule has 1 aromatic heterocycles. The number of hydrogen-bond donors (Lipinski definition) is 1. The van der Waals surface area contributed by atoms with Gasteiger partial charge in [0.15, 0.2) is 34.5 Å². The summed E-state index contributed by atoms with van der Waals surface area (Å²) < 4.78 is 21.4. The van der Waals surface area contributed by atoms with Crippen molar-refractivity contribution in [1.29, 1.82) is 0 Å². The fourth-order valence-corrected chi connectivity index (χ4v) is 11.2. The number of aromatic nitrogens is 1. The van der Waals surface area contributed by atoms with E-state index in [0.29, 0.717) is 0 Å². The molecule has 0 fully saturated rings. The molecule has 0 unspecified atom stereocenters. The van der Waals surface area contributed by atoms with Gasteiger partial charge in [0.1, 0.15) is 17.1 Å². The second-order valence-corrected chi connectivity index (χ2v) is 17.7. The van der Waals surface area contributed by atoms with Crippen molar-refractivity contribution in [2.45, 2.75) is 38.5 Å². The number of H-pyrrole nitrogens is 1. The lowest BCUT2D eigenvalue weighted by Gasteiger charge is -2.42. The molecule has 5 heteroatoms. The molecule has 8 aromatic carbocycles. The lowest BCUT2D eigenvalue weighted by Crippen LogP contribution is -2.24. The summed E-state index contributed by atoms with van der Waals surface area (Å²) in [4.78, 5) is 6.05. The van der Waals surface area contributed by atoms with Crippen LogP contribution in [0.25, 0.3) is 66.3 Å². The number of nitrogens with one attached hydrogen (secondary N) is 1. The Morgan fingerprint density at radius 1 is 0.424 bits per heavy atom. The number of ether oxygens (including phenoxy) is 3. The Bertz CT molecular complexity index is 3420. The highest BCUT2D eigenvalue weighted by Gasteiger charge is 2.45. The molecule has 9 aromatic rings. The van der Waals surface area contributed by atoms with Crippen molar-refractivity contribution in [2.24, 2.45) is 0 Å². The van der Waals surface area contributed by atoms with Gasteiger partial charge in [0.05, 0.1) is 5.52 Å². The van der Waals surface area contributed by atoms with E-state index in [1.165, 1.54) is 44.5 Å². The van der Waals surface area contributed by atoms with E-state index in [0.717, 1.165) is 95.6 Å². The van der Waals surface area contributed by atoms with Crippen LogP contribution >= 0.6 is 0 Å². The molecule has 0 radical (unpaired) electrons. The Morgan fingerprint density at radius 2 is 0.881 bits per heavy atom. The third-order valence-corrected chi connectivity index (χ3v) is 13.9. The number of aromatic amines is 1. The van der Waals surface area contributed by atoms with E-state index < -0.39 is 0 Å². The number of anilines is 3. The van der Waals surface area contributed by atoms with E-state index in [9.17, 15) is 0 Å². The van der Waals surface area contributed by atoms with Gasteiger partial charge in [-0.25, -0.2) is 0 Å². The van der Waals surface area contributed by atoms with Gasteiger partial charge < -0.3 is 19.2 Å². The molecule has 5 nitrogen and oxygen atoms in total. The van der Waals surface area contributed by atoms with E-state index in [4.69, 9.17) is 14.2 Å². The summed E-state index contributed by atoms with van der Waals surface area (Å²) in [5, 5.41) is 2.18. The van der Waals surface area contributed by atoms with Gasteiger partial charge in [-0.05, 0) is 103 Å². The van der Waals surface area contributed by atoms with Gasteiger partial charge in [0.25, 0.3) is 0 Å². The van der Waals surface area contributed by atoms with Crippen LogP contribution < -0.4 is 19.1 Å². The standard InChI is InChI=1S/C54H36N2O3/c1-53(2)36-18-8-5-14-33(36)46-30(16-11-20-38(46)53)28-23-41-49-42(24-28)58-45-27-35-32-13-7-10-22-40(32)55-48(35)52-51(45)56(49)50-43(57-41)25-29(26-44(50)59-52)31-17-12-21-39-47(31)34-15-6-9-19-37(34)54(39,3)4/h5-27,55H,1-4H3. The first-order valence-electron chi connectivity index (χ1n) is 20.5. The predicted octanol–water partition coefficient (Wildman–Crippen LogP) is 15.1. The Hall–Kier alpha value is -7.24. The summed E-state index contributed by atoms with van der Waals surface area (Å²) in [6.07, 6.45) is 0. The summed E-state index contributed by atoms with van der Waals surface area (Å²) in [5.41, 5.74) is 19.2. The molecular formula is C54H36N2O3. The molecule has 0 bridgehead atoms. The van der Waals surface area contributed by atoms with E-state index >= 15 is 0 Å². The number of fused-ring (bicyclic) bond motifs is 10. The van der Waals surface area contributed by atoms with Gasteiger partial charge >= 0.3 is 0 Å². The maximum absolute atomic E-state index is 7.16. The zero-order valence-corrected chi connectivity index (χ0v) is 33.0. The molecule has 0 atom stereocenters. The summed E-state index contributed by atoms with van der Waals surface area (Å²) in [7, 11) is 0. The molecule has 0 saturated heterocycles. The molecule has 2 aliphatic carbocycles. The van der Waals surface area contributed by atoms with Gasteiger partial charge in [-0.2, -0.15) is 0 Å². The SMILES string of the molecule is CC1(C)c2ccccc2-c2c(-c3cc4c5c(c3)Oc3cc6c([nH]c7ccccc76)c6c3N5c3c(cc(-c5cccc7c5-c5ccccc5C7(C)C)cc3O6)O4)cccc21. The van der Waals surface area contributed by atoms with Crippen LogP contribution in [0.2, 0.25) is 0 Å². The van der Waals surface area contributed by atoms with Crippen LogP contribution in [-0.4, -0.2) is 4.98 Å². The van der Waals surface area contributed by atoms with Crippen molar-refractivity contribution >= 4 is 38.9 Å². The average Bonchev–Trinajstić information content (AvgIpc) is 3.83. The predicted molar refractivity (Wildman–Crippen MR) is 237 cm³/mol. The molecule has 0 saturated carbocycles. The van der Waals surface area contributed by atoms with Crippen LogP contribution in [0.5, 0.6) is 34.5 Å². The molecule has 59 heavy (non-hydrogen) atoms. The topological polar surface area (TPSA) is 46.7 Å². The quantitative estimate of drug-likeness (QED) is 0.191. The zero-order chi connectivity index (χ0) is 39.1. The summed E-state index contributed by atoms with van der Waals surface area (Å²) >= 11 is 0. The van der Waals surface area contributed by atoms with E-state index in [1.54, 1.807) is 0 Å². The normalized spacial score (nSPS) is 15.8. The zero-order valence-electron chi connectivity index (χ0n) is 33.0. The fourth-order valence-electron chi connectivity index (χ4n) is 11.2. The second kappa shape index (κ2) is 10.4. The van der Waals surface area contributed by atoms with Gasteiger partial charge in [-0.15, -0.1) is 0 Å². The Kier molecular flexibility index (Phi) is 5.62. The molecular weight excluding hydrogens is 725 g/mol. The minimum Gasteiger partial charge on any atom is -0.453 e. The maximum Gasteiger partial charge on any atom is 0.179 e. The number of hydrogen-bond acceptors (Lipinski definition) is 4. The highest BCUT2D eigenvalue weighted by molar-refractivity contribution is 6.15. The van der Waals surface area contributed by atoms with E-state index in [2.05, 4.69) is 177 Å². The summed E-state index contributed by atoms with van der Waals surface area (Å²) in [6.45, 7) is 9.32. The Labute approximate surface area is 341 Å². The minimum atomic E-state index is -0.124. The van der Waals surface area contributed by atoms with E-state index in [-0.39, 0.29) is 10.8 Å². The smallest absolute Gasteiger partial charge is 0.179 e. The van der Waals surface area contributed by atoms with Crippen molar-refractivity contribution in [3.63, 3.8) is 0 Å². The van der Waals surface area contributed by atoms with Crippen molar-refractivity contribution < 1.29 is 14.2 Å². The van der Waals surface area contributed by atoms with Gasteiger partial charge in [-0.1, -0.05) is 131 Å². The van der Waals surface area contributed by atoms with Gasteiger partial charge in [0, 0.05) is 27.1 Å². The number of benzene rings is 8. The molecule has 0 amide bonds. The fraction of sp³-hybridized carbons (Fsp3) is 0.111. The number of rotatable bonds is 2. The Balaban J connectivity index is 1.04. The second-order valence-electron chi connectivity index (χ2n) is 17.7. The first-order valence-corrected chi connectivity index (χ1v) is 20.5. The number of para-hydroxylation sites is 1. The van der Waals surface area contributed by atoms with Crippen LogP contribution in [0.1, 0.15) is 49.9 Å². The third kappa shape index (κ3) is 3.82. The lowest BCUT2D eigenvalue weighted by molar-refractivity contribution is 0.421. The van der Waals surface area contributed by atoms with Crippen LogP contribution in [-0.2, 0) is 10.8 Å². The highest BCUT2D eigenvalue weighted by atomic mass is 16.5. The number of nitrogens with zero attached hydrogens (tertiary/aromatic N) is 1. The largest absolute Gasteiger partial charge is 0.453 e. The monoisotopic (exact) mass is 760 g/mol. The molecule has 280 valence electrons. The van der Waals surface area contributed by atoms with Crippen molar-refractivity contribution in [3.8, 4) is 79.0 Å². The maximum atomic E-state index is 7.16. The van der Waals surface area contributed by atoms with Crippen molar-refractivity contribution in [3.05, 3.63) is 162 Å². The molecule has 5 aliphatic rings.